The van der Waals surface area contributed by atoms with E-state index >= 15 is 0 Å². The van der Waals surface area contributed by atoms with Gasteiger partial charge in [0.05, 0.1) is 6.61 Å². The first-order chi connectivity index (χ1) is 8.20. The Bertz CT molecular complexity index is 337. The van der Waals surface area contributed by atoms with E-state index in [2.05, 4.69) is 26.0 Å². The van der Waals surface area contributed by atoms with Crippen LogP contribution in [-0.4, -0.2) is 29.8 Å². The van der Waals surface area contributed by atoms with E-state index in [0.29, 0.717) is 6.54 Å². The lowest BCUT2D eigenvalue weighted by molar-refractivity contribution is 0.193. The van der Waals surface area contributed by atoms with Gasteiger partial charge in [-0.3, -0.25) is 0 Å². The van der Waals surface area contributed by atoms with Crippen LogP contribution in [0.15, 0.2) is 24.3 Å². The van der Waals surface area contributed by atoms with Crippen LogP contribution in [0, 0.1) is 6.92 Å². The molecule has 0 aliphatic heterocycles. The number of benzene rings is 1. The summed E-state index contributed by atoms with van der Waals surface area (Å²) in [6.45, 7) is 4.86. The maximum Gasteiger partial charge on any atom is 0.0540 e. The molecule has 1 unspecified atom stereocenters. The summed E-state index contributed by atoms with van der Waals surface area (Å²) < 4.78 is 0. The number of aryl methyl sites for hydroxylation is 1. The lowest BCUT2D eigenvalue weighted by Crippen LogP contribution is -2.40. The molecule has 0 aromatic heterocycles. The Kier molecular flexibility index (Phi) is 6.03. The molecule has 0 heterocycles. The van der Waals surface area contributed by atoms with Crippen molar-refractivity contribution in [2.24, 2.45) is 5.73 Å². The van der Waals surface area contributed by atoms with Crippen LogP contribution in [0.1, 0.15) is 24.5 Å². The summed E-state index contributed by atoms with van der Waals surface area (Å²) in [4.78, 5) is 0. The molecule has 2 nitrogen and oxygen atoms in total. The molecule has 0 aliphatic carbocycles. The van der Waals surface area contributed by atoms with Gasteiger partial charge in [-0.2, -0.15) is 11.8 Å². The molecule has 3 N–H and O–H groups in total. The second-order valence-corrected chi connectivity index (χ2v) is 5.80. The molecule has 0 radical (unpaired) electrons. The zero-order valence-corrected chi connectivity index (χ0v) is 11.6. The molecule has 1 atom stereocenters. The van der Waals surface area contributed by atoms with E-state index in [9.17, 15) is 5.11 Å². The number of rotatable bonds is 7. The average Bonchev–Trinajstić information content (AvgIpc) is 2.36. The van der Waals surface area contributed by atoms with E-state index in [4.69, 9.17) is 5.73 Å². The summed E-state index contributed by atoms with van der Waals surface area (Å²) in [5.41, 5.74) is 8.07. The fourth-order valence-electron chi connectivity index (χ4n) is 2.16. The minimum atomic E-state index is -0.270. The first-order valence-corrected chi connectivity index (χ1v) is 7.30. The lowest BCUT2D eigenvalue weighted by Gasteiger charge is -2.32. The van der Waals surface area contributed by atoms with Crippen molar-refractivity contribution in [1.82, 2.24) is 0 Å². The second-order valence-electron chi connectivity index (χ2n) is 4.40. The molecule has 0 saturated heterocycles. The van der Waals surface area contributed by atoms with E-state index in [1.165, 1.54) is 11.1 Å². The smallest absolute Gasteiger partial charge is 0.0540 e. The number of hydrogen-bond donors (Lipinski definition) is 2. The summed E-state index contributed by atoms with van der Waals surface area (Å²) in [5.74, 6) is 2.16. The van der Waals surface area contributed by atoms with Gasteiger partial charge in [-0.1, -0.05) is 31.2 Å². The molecule has 3 heteroatoms. The van der Waals surface area contributed by atoms with Crippen LogP contribution in [0.2, 0.25) is 0 Å². The normalized spacial score (nSPS) is 14.6. The molecule has 0 saturated carbocycles. The summed E-state index contributed by atoms with van der Waals surface area (Å²) >= 11 is 1.90. The van der Waals surface area contributed by atoms with Gasteiger partial charge in [0.25, 0.3) is 0 Å². The van der Waals surface area contributed by atoms with Crippen molar-refractivity contribution in [1.29, 1.82) is 0 Å². The molecule has 1 aromatic rings. The standard InChI is InChI=1S/C14H23NOS/c1-3-17-9-8-14(10-15,11-16)13-7-5-4-6-12(13)2/h4-7,16H,3,8-11,15H2,1-2H3. The minimum absolute atomic E-state index is 0.124. The van der Waals surface area contributed by atoms with Crippen molar-refractivity contribution in [2.45, 2.75) is 25.7 Å². The zero-order chi connectivity index (χ0) is 12.7. The maximum absolute atomic E-state index is 9.76. The minimum Gasteiger partial charge on any atom is -0.395 e. The summed E-state index contributed by atoms with van der Waals surface area (Å²) in [7, 11) is 0. The quantitative estimate of drug-likeness (QED) is 0.733. The summed E-state index contributed by atoms with van der Waals surface area (Å²) in [6, 6.07) is 8.23. The first-order valence-electron chi connectivity index (χ1n) is 6.15. The van der Waals surface area contributed by atoms with Crippen LogP contribution in [0.3, 0.4) is 0 Å². The monoisotopic (exact) mass is 253 g/mol. The number of aliphatic hydroxyl groups is 1. The van der Waals surface area contributed by atoms with E-state index in [1.807, 2.05) is 23.9 Å². The van der Waals surface area contributed by atoms with E-state index in [-0.39, 0.29) is 12.0 Å². The molecular weight excluding hydrogens is 230 g/mol. The van der Waals surface area contributed by atoms with Gasteiger partial charge in [-0.15, -0.1) is 0 Å². The predicted molar refractivity (Wildman–Crippen MR) is 76.6 cm³/mol. The third kappa shape index (κ3) is 3.47. The van der Waals surface area contributed by atoms with Crippen LogP contribution in [0.25, 0.3) is 0 Å². The predicted octanol–water partition coefficient (Wildman–Crippen LogP) is 2.33. The Labute approximate surface area is 109 Å². The third-order valence-electron chi connectivity index (χ3n) is 3.34. The Morgan fingerprint density at radius 1 is 1.35 bits per heavy atom. The molecule has 17 heavy (non-hydrogen) atoms. The SMILES string of the molecule is CCSCCC(CN)(CO)c1ccccc1C. The van der Waals surface area contributed by atoms with Crippen LogP contribution < -0.4 is 5.73 Å². The number of aliphatic hydroxyl groups excluding tert-OH is 1. The maximum atomic E-state index is 9.76. The van der Waals surface area contributed by atoms with Crippen molar-refractivity contribution in [2.75, 3.05) is 24.7 Å². The molecule has 0 aliphatic rings. The number of hydrogen-bond acceptors (Lipinski definition) is 3. The van der Waals surface area contributed by atoms with Crippen LogP contribution >= 0.6 is 11.8 Å². The molecule has 1 aromatic carbocycles. The molecular formula is C14H23NOS. The van der Waals surface area contributed by atoms with Crippen molar-refractivity contribution in [3.63, 3.8) is 0 Å². The first kappa shape index (κ1) is 14.6. The molecule has 96 valence electrons. The Morgan fingerprint density at radius 3 is 2.59 bits per heavy atom. The highest BCUT2D eigenvalue weighted by atomic mass is 32.2. The van der Waals surface area contributed by atoms with Crippen LogP contribution in [0.5, 0.6) is 0 Å². The fourth-order valence-corrected chi connectivity index (χ4v) is 2.98. The number of thioether (sulfide) groups is 1. The summed E-state index contributed by atoms with van der Waals surface area (Å²) in [5, 5.41) is 9.76. The number of nitrogens with two attached hydrogens (primary N) is 1. The van der Waals surface area contributed by atoms with Crippen molar-refractivity contribution >= 4 is 11.8 Å². The highest BCUT2D eigenvalue weighted by molar-refractivity contribution is 7.99. The van der Waals surface area contributed by atoms with Crippen molar-refractivity contribution in [3.8, 4) is 0 Å². The van der Waals surface area contributed by atoms with Crippen LogP contribution in [0.4, 0.5) is 0 Å². The fraction of sp³-hybridized carbons (Fsp3) is 0.571. The van der Waals surface area contributed by atoms with Gasteiger partial charge in [0, 0.05) is 12.0 Å². The zero-order valence-electron chi connectivity index (χ0n) is 10.8. The van der Waals surface area contributed by atoms with E-state index < -0.39 is 0 Å². The van der Waals surface area contributed by atoms with Gasteiger partial charge in [0.15, 0.2) is 0 Å². The highest BCUT2D eigenvalue weighted by Gasteiger charge is 2.30. The van der Waals surface area contributed by atoms with Gasteiger partial charge in [-0.25, -0.2) is 0 Å². The third-order valence-corrected chi connectivity index (χ3v) is 4.24. The molecule has 1 rings (SSSR count). The van der Waals surface area contributed by atoms with E-state index in [1.54, 1.807) is 0 Å². The van der Waals surface area contributed by atoms with Gasteiger partial charge in [0.2, 0.25) is 0 Å². The molecule has 0 fully saturated rings. The van der Waals surface area contributed by atoms with Crippen LogP contribution in [-0.2, 0) is 5.41 Å². The molecule has 0 amide bonds. The molecule has 0 bridgehead atoms. The Balaban J connectivity index is 2.94. The molecule has 0 spiro atoms. The topological polar surface area (TPSA) is 46.2 Å². The average molecular weight is 253 g/mol. The Hall–Kier alpha value is -0.510. The van der Waals surface area contributed by atoms with Gasteiger partial charge >= 0.3 is 0 Å². The highest BCUT2D eigenvalue weighted by Crippen LogP contribution is 2.30. The van der Waals surface area contributed by atoms with Gasteiger partial charge in [-0.05, 0) is 36.0 Å². The lowest BCUT2D eigenvalue weighted by atomic mass is 9.77. The second kappa shape index (κ2) is 7.04. The largest absolute Gasteiger partial charge is 0.395 e. The Morgan fingerprint density at radius 2 is 2.06 bits per heavy atom. The van der Waals surface area contributed by atoms with E-state index in [0.717, 1.165) is 17.9 Å². The van der Waals surface area contributed by atoms with Crippen molar-refractivity contribution in [3.05, 3.63) is 35.4 Å². The van der Waals surface area contributed by atoms with Gasteiger partial charge < -0.3 is 10.8 Å². The van der Waals surface area contributed by atoms with Gasteiger partial charge in [0.1, 0.15) is 0 Å². The summed E-state index contributed by atoms with van der Waals surface area (Å²) in [6.07, 6.45) is 0.934. The van der Waals surface area contributed by atoms with Crippen molar-refractivity contribution < 1.29 is 5.11 Å².